The molecule has 1 amide bonds. The van der Waals surface area contributed by atoms with Gasteiger partial charge in [0.15, 0.2) is 5.13 Å². The van der Waals surface area contributed by atoms with Crippen molar-refractivity contribution >= 4 is 42.6 Å². The van der Waals surface area contributed by atoms with Crippen molar-refractivity contribution in [2.75, 3.05) is 38.3 Å². The number of benzene rings is 2. The number of thiazole rings is 1. The third kappa shape index (κ3) is 6.54. The summed E-state index contributed by atoms with van der Waals surface area (Å²) in [5.74, 6) is 0.498. The smallest absolute Gasteiger partial charge is 0.260 e. The Hall–Kier alpha value is -2.53. The molecule has 10 heteroatoms. The Morgan fingerprint density at radius 3 is 2.42 bits per heavy atom. The number of hydrogen-bond donors (Lipinski definition) is 0. The standard InChI is InChI=1S/C28H37N3O5S2/c1-4-6-16-30(17-7-5-2)38(33,34)24-13-10-21(11-14-24)27(32)31(20-23-9-8-18-36-23)28-29-25-15-12-22(35-3)19-26(25)37-28/h10-15,19,23H,4-9,16-18,20H2,1-3H3. The van der Waals surface area contributed by atoms with Crippen LogP contribution in [-0.4, -0.2) is 63.1 Å². The third-order valence-corrected chi connectivity index (χ3v) is 9.69. The Bertz CT molecular complexity index is 1310. The predicted molar refractivity (Wildman–Crippen MR) is 152 cm³/mol. The van der Waals surface area contributed by atoms with Gasteiger partial charge in [-0.25, -0.2) is 13.4 Å². The quantitative estimate of drug-likeness (QED) is 0.266. The highest BCUT2D eigenvalue weighted by atomic mass is 32.2. The lowest BCUT2D eigenvalue weighted by Gasteiger charge is -2.24. The van der Waals surface area contributed by atoms with Gasteiger partial charge >= 0.3 is 0 Å². The van der Waals surface area contributed by atoms with Gasteiger partial charge in [0.05, 0.1) is 34.9 Å². The van der Waals surface area contributed by atoms with Crippen LogP contribution in [-0.2, 0) is 14.8 Å². The first-order chi connectivity index (χ1) is 18.4. The van der Waals surface area contributed by atoms with Crippen LogP contribution in [0, 0.1) is 0 Å². The lowest BCUT2D eigenvalue weighted by Crippen LogP contribution is -2.37. The van der Waals surface area contributed by atoms with Crippen LogP contribution in [0.25, 0.3) is 10.2 Å². The summed E-state index contributed by atoms with van der Waals surface area (Å²) < 4.78 is 40.4. The summed E-state index contributed by atoms with van der Waals surface area (Å²) >= 11 is 1.42. The number of ether oxygens (including phenoxy) is 2. The number of nitrogens with zero attached hydrogens (tertiary/aromatic N) is 3. The maximum Gasteiger partial charge on any atom is 0.260 e. The molecule has 1 aliphatic rings. The number of hydrogen-bond acceptors (Lipinski definition) is 7. The summed E-state index contributed by atoms with van der Waals surface area (Å²) in [6.07, 6.45) is 5.24. The van der Waals surface area contributed by atoms with Gasteiger partial charge in [-0.1, -0.05) is 38.0 Å². The molecule has 1 atom stereocenters. The highest BCUT2D eigenvalue weighted by molar-refractivity contribution is 7.89. The van der Waals surface area contributed by atoms with Crippen LogP contribution >= 0.6 is 11.3 Å². The number of sulfonamides is 1. The van der Waals surface area contributed by atoms with Crippen molar-refractivity contribution in [2.24, 2.45) is 0 Å². The molecule has 2 heterocycles. The van der Waals surface area contributed by atoms with E-state index in [2.05, 4.69) is 13.8 Å². The summed E-state index contributed by atoms with van der Waals surface area (Å²) in [6, 6.07) is 11.9. The van der Waals surface area contributed by atoms with E-state index in [-0.39, 0.29) is 16.9 Å². The predicted octanol–water partition coefficient (Wildman–Crippen LogP) is 5.72. The molecule has 0 bridgehead atoms. The molecule has 0 aliphatic carbocycles. The Morgan fingerprint density at radius 1 is 1.11 bits per heavy atom. The average molecular weight is 560 g/mol. The molecule has 1 aromatic heterocycles. The molecule has 206 valence electrons. The van der Waals surface area contributed by atoms with Gasteiger partial charge in [-0.15, -0.1) is 0 Å². The van der Waals surface area contributed by atoms with E-state index in [9.17, 15) is 13.2 Å². The van der Waals surface area contributed by atoms with Crippen LogP contribution in [0.3, 0.4) is 0 Å². The monoisotopic (exact) mass is 559 g/mol. The molecule has 1 unspecified atom stereocenters. The zero-order chi connectivity index (χ0) is 27.1. The molecule has 1 saturated heterocycles. The SMILES string of the molecule is CCCCN(CCCC)S(=O)(=O)c1ccc(C(=O)N(CC2CCCO2)c2nc3ccc(OC)cc3s2)cc1. The van der Waals surface area contributed by atoms with Gasteiger partial charge in [0.2, 0.25) is 10.0 Å². The van der Waals surface area contributed by atoms with Gasteiger partial charge in [0.25, 0.3) is 5.91 Å². The number of carbonyl (C=O) groups excluding carboxylic acids is 1. The average Bonchev–Trinajstić information content (AvgIpc) is 3.60. The normalized spacial score (nSPS) is 15.8. The van der Waals surface area contributed by atoms with Crippen molar-refractivity contribution < 1.29 is 22.7 Å². The van der Waals surface area contributed by atoms with Crippen LogP contribution in [0.1, 0.15) is 62.7 Å². The fraction of sp³-hybridized carbons (Fsp3) is 0.500. The zero-order valence-electron chi connectivity index (χ0n) is 22.4. The number of amides is 1. The zero-order valence-corrected chi connectivity index (χ0v) is 24.0. The third-order valence-electron chi connectivity index (χ3n) is 6.73. The first kappa shape index (κ1) is 28.5. The summed E-state index contributed by atoms with van der Waals surface area (Å²) in [4.78, 5) is 20.4. The molecule has 0 radical (unpaired) electrons. The minimum absolute atomic E-state index is 0.0640. The number of aromatic nitrogens is 1. The van der Waals surface area contributed by atoms with Gasteiger partial charge in [0.1, 0.15) is 5.75 Å². The number of unbranched alkanes of at least 4 members (excludes halogenated alkanes) is 2. The fourth-order valence-electron chi connectivity index (χ4n) is 4.47. The molecule has 1 fully saturated rings. The minimum atomic E-state index is -3.64. The second-order valence-electron chi connectivity index (χ2n) is 9.52. The second kappa shape index (κ2) is 13.0. The van der Waals surface area contributed by atoms with E-state index in [0.29, 0.717) is 36.9 Å². The molecule has 0 N–H and O–H groups in total. The number of fused-ring (bicyclic) bond motifs is 1. The van der Waals surface area contributed by atoms with E-state index in [1.54, 1.807) is 40.6 Å². The largest absolute Gasteiger partial charge is 0.497 e. The molecular weight excluding hydrogens is 522 g/mol. The minimum Gasteiger partial charge on any atom is -0.497 e. The molecule has 2 aromatic carbocycles. The molecule has 1 aliphatic heterocycles. The van der Waals surface area contributed by atoms with E-state index in [4.69, 9.17) is 14.5 Å². The van der Waals surface area contributed by atoms with E-state index < -0.39 is 10.0 Å². The lowest BCUT2D eigenvalue weighted by molar-refractivity contribution is 0.0917. The Morgan fingerprint density at radius 2 is 1.82 bits per heavy atom. The van der Waals surface area contributed by atoms with Crippen LogP contribution < -0.4 is 9.64 Å². The van der Waals surface area contributed by atoms with Gasteiger partial charge in [-0.05, 0) is 68.1 Å². The molecule has 0 spiro atoms. The summed E-state index contributed by atoms with van der Waals surface area (Å²) in [7, 11) is -2.02. The topological polar surface area (TPSA) is 89.0 Å². The van der Waals surface area contributed by atoms with E-state index >= 15 is 0 Å². The summed E-state index contributed by atoms with van der Waals surface area (Å²) in [6.45, 7) is 6.17. The van der Waals surface area contributed by atoms with Gasteiger partial charge in [0, 0.05) is 25.3 Å². The molecule has 4 rings (SSSR count). The Kier molecular flexibility index (Phi) is 9.75. The first-order valence-electron chi connectivity index (χ1n) is 13.4. The maximum atomic E-state index is 13.8. The number of carbonyl (C=O) groups is 1. The summed E-state index contributed by atoms with van der Waals surface area (Å²) in [5, 5.41) is 0.579. The van der Waals surface area contributed by atoms with Crippen molar-refractivity contribution in [1.82, 2.24) is 9.29 Å². The molecule has 0 saturated carbocycles. The number of methoxy groups -OCH3 is 1. The Balaban J connectivity index is 1.61. The molecule has 3 aromatic rings. The van der Waals surface area contributed by atoms with Gasteiger partial charge < -0.3 is 9.47 Å². The first-order valence-corrected chi connectivity index (χ1v) is 15.6. The van der Waals surface area contributed by atoms with Gasteiger partial charge in [-0.3, -0.25) is 9.69 Å². The van der Waals surface area contributed by atoms with Crippen molar-refractivity contribution in [2.45, 2.75) is 63.4 Å². The van der Waals surface area contributed by atoms with Gasteiger partial charge in [-0.2, -0.15) is 4.31 Å². The molecular formula is C28H37N3O5S2. The van der Waals surface area contributed by atoms with Crippen LogP contribution in [0.5, 0.6) is 5.75 Å². The molecule has 8 nitrogen and oxygen atoms in total. The maximum absolute atomic E-state index is 13.8. The van der Waals surface area contributed by atoms with E-state index in [1.807, 2.05) is 18.2 Å². The van der Waals surface area contributed by atoms with Crippen LogP contribution in [0.4, 0.5) is 5.13 Å². The number of anilines is 1. The van der Waals surface area contributed by atoms with Crippen molar-refractivity contribution in [3.05, 3.63) is 48.0 Å². The van der Waals surface area contributed by atoms with Crippen LogP contribution in [0.2, 0.25) is 0 Å². The highest BCUT2D eigenvalue weighted by Gasteiger charge is 2.28. The van der Waals surface area contributed by atoms with Crippen molar-refractivity contribution in [3.8, 4) is 5.75 Å². The number of rotatable bonds is 13. The fourth-order valence-corrected chi connectivity index (χ4v) is 6.99. The molecule has 38 heavy (non-hydrogen) atoms. The lowest BCUT2D eigenvalue weighted by atomic mass is 10.2. The highest BCUT2D eigenvalue weighted by Crippen LogP contribution is 2.33. The van der Waals surface area contributed by atoms with Crippen molar-refractivity contribution in [1.29, 1.82) is 0 Å². The second-order valence-corrected chi connectivity index (χ2v) is 12.5. The van der Waals surface area contributed by atoms with Crippen LogP contribution in [0.15, 0.2) is 47.4 Å². The summed E-state index contributed by atoms with van der Waals surface area (Å²) in [5.41, 5.74) is 1.20. The van der Waals surface area contributed by atoms with E-state index in [1.165, 1.54) is 11.3 Å². The Labute approximate surface area is 229 Å². The van der Waals surface area contributed by atoms with E-state index in [0.717, 1.165) is 54.5 Å². The van der Waals surface area contributed by atoms with Crippen molar-refractivity contribution in [3.63, 3.8) is 0 Å².